The maximum absolute atomic E-state index is 11.1. The summed E-state index contributed by atoms with van der Waals surface area (Å²) in [7, 11) is -3.01. The van der Waals surface area contributed by atoms with Crippen molar-refractivity contribution in [2.75, 3.05) is 25.5 Å². The smallest absolute Gasteiger partial charge is 0.211 e. The van der Waals surface area contributed by atoms with Crippen LogP contribution in [0.2, 0.25) is 0 Å². The van der Waals surface area contributed by atoms with Gasteiger partial charge in [0, 0.05) is 19.8 Å². The predicted molar refractivity (Wildman–Crippen MR) is 51.0 cm³/mol. The van der Waals surface area contributed by atoms with Gasteiger partial charge in [0.05, 0.1) is 5.75 Å². The van der Waals surface area contributed by atoms with Crippen LogP contribution in [0.5, 0.6) is 0 Å². The zero-order valence-corrected chi connectivity index (χ0v) is 8.77. The SMILES string of the molecule is CCS(=O)(=O)NCC1CCOCC1. The number of sulfonamides is 1. The maximum atomic E-state index is 11.1. The van der Waals surface area contributed by atoms with Crippen molar-refractivity contribution in [3.8, 4) is 0 Å². The van der Waals surface area contributed by atoms with Crippen LogP contribution in [-0.4, -0.2) is 33.9 Å². The van der Waals surface area contributed by atoms with E-state index in [1.54, 1.807) is 6.92 Å². The van der Waals surface area contributed by atoms with E-state index in [0.29, 0.717) is 12.5 Å². The van der Waals surface area contributed by atoms with Crippen LogP contribution in [0, 0.1) is 5.92 Å². The zero-order valence-electron chi connectivity index (χ0n) is 7.95. The Labute approximate surface area is 79.7 Å². The van der Waals surface area contributed by atoms with Gasteiger partial charge in [-0.3, -0.25) is 0 Å². The molecule has 4 nitrogen and oxygen atoms in total. The minimum atomic E-state index is -3.01. The molecule has 1 aliphatic heterocycles. The second-order valence-electron chi connectivity index (χ2n) is 3.31. The average molecular weight is 207 g/mol. The quantitative estimate of drug-likeness (QED) is 0.724. The van der Waals surface area contributed by atoms with Gasteiger partial charge in [-0.05, 0) is 25.7 Å². The molecule has 0 amide bonds. The second-order valence-corrected chi connectivity index (χ2v) is 5.40. The van der Waals surface area contributed by atoms with Crippen molar-refractivity contribution in [2.24, 2.45) is 5.92 Å². The lowest BCUT2D eigenvalue weighted by molar-refractivity contribution is 0.0678. The Morgan fingerprint density at radius 3 is 2.54 bits per heavy atom. The molecule has 1 fully saturated rings. The molecule has 0 spiro atoms. The van der Waals surface area contributed by atoms with Crippen LogP contribution in [0.3, 0.4) is 0 Å². The van der Waals surface area contributed by atoms with E-state index < -0.39 is 10.0 Å². The number of ether oxygens (including phenoxy) is 1. The van der Waals surface area contributed by atoms with Crippen LogP contribution < -0.4 is 4.72 Å². The molecule has 78 valence electrons. The van der Waals surface area contributed by atoms with Gasteiger partial charge in [-0.15, -0.1) is 0 Å². The number of hydrogen-bond donors (Lipinski definition) is 1. The van der Waals surface area contributed by atoms with Crippen LogP contribution >= 0.6 is 0 Å². The third kappa shape index (κ3) is 4.06. The van der Waals surface area contributed by atoms with Gasteiger partial charge in [0.25, 0.3) is 0 Å². The lowest BCUT2D eigenvalue weighted by Crippen LogP contribution is -2.33. The monoisotopic (exact) mass is 207 g/mol. The van der Waals surface area contributed by atoms with E-state index in [-0.39, 0.29) is 5.75 Å². The molecule has 0 saturated carbocycles. The van der Waals surface area contributed by atoms with Crippen LogP contribution in [0.15, 0.2) is 0 Å². The molecular formula is C8H17NO3S. The van der Waals surface area contributed by atoms with Crippen molar-refractivity contribution in [1.82, 2.24) is 4.72 Å². The molecule has 1 rings (SSSR count). The number of rotatable bonds is 4. The molecule has 0 aromatic carbocycles. The molecule has 0 aliphatic carbocycles. The molecule has 1 heterocycles. The van der Waals surface area contributed by atoms with Gasteiger partial charge in [0.2, 0.25) is 10.0 Å². The highest BCUT2D eigenvalue weighted by atomic mass is 32.2. The summed E-state index contributed by atoms with van der Waals surface area (Å²) in [6.45, 7) is 3.74. The van der Waals surface area contributed by atoms with Crippen molar-refractivity contribution < 1.29 is 13.2 Å². The molecule has 0 aromatic rings. The number of nitrogens with one attached hydrogen (secondary N) is 1. The molecular weight excluding hydrogens is 190 g/mol. The molecule has 1 N–H and O–H groups in total. The zero-order chi connectivity index (χ0) is 9.73. The lowest BCUT2D eigenvalue weighted by atomic mass is 10.0. The third-order valence-electron chi connectivity index (χ3n) is 2.31. The Balaban J connectivity index is 2.25. The first-order valence-electron chi connectivity index (χ1n) is 4.69. The number of hydrogen-bond acceptors (Lipinski definition) is 3. The van der Waals surface area contributed by atoms with Crippen molar-refractivity contribution in [3.05, 3.63) is 0 Å². The van der Waals surface area contributed by atoms with Gasteiger partial charge >= 0.3 is 0 Å². The minimum absolute atomic E-state index is 0.163. The lowest BCUT2D eigenvalue weighted by Gasteiger charge is -2.21. The van der Waals surface area contributed by atoms with E-state index in [9.17, 15) is 8.42 Å². The summed E-state index contributed by atoms with van der Waals surface area (Å²) in [5, 5.41) is 0. The van der Waals surface area contributed by atoms with E-state index in [0.717, 1.165) is 26.1 Å². The minimum Gasteiger partial charge on any atom is -0.381 e. The first kappa shape index (κ1) is 10.9. The summed E-state index contributed by atoms with van der Waals surface area (Å²) in [5.41, 5.74) is 0. The fourth-order valence-corrected chi connectivity index (χ4v) is 1.99. The molecule has 0 radical (unpaired) electrons. The molecule has 0 unspecified atom stereocenters. The van der Waals surface area contributed by atoms with E-state index in [4.69, 9.17) is 4.74 Å². The normalized spacial score (nSPS) is 20.4. The van der Waals surface area contributed by atoms with Crippen LogP contribution in [0.25, 0.3) is 0 Å². The Hall–Kier alpha value is -0.130. The van der Waals surface area contributed by atoms with E-state index >= 15 is 0 Å². The summed E-state index contributed by atoms with van der Waals surface area (Å²) in [4.78, 5) is 0. The molecule has 1 aliphatic rings. The second kappa shape index (κ2) is 4.93. The summed E-state index contributed by atoms with van der Waals surface area (Å²) in [5.74, 6) is 0.617. The van der Waals surface area contributed by atoms with E-state index in [1.165, 1.54) is 0 Å². The Morgan fingerprint density at radius 2 is 2.00 bits per heavy atom. The molecule has 13 heavy (non-hydrogen) atoms. The average Bonchev–Trinajstić information content (AvgIpc) is 2.17. The Kier molecular flexibility index (Phi) is 4.15. The molecule has 5 heteroatoms. The first-order chi connectivity index (χ1) is 6.14. The van der Waals surface area contributed by atoms with Gasteiger partial charge in [-0.25, -0.2) is 13.1 Å². The topological polar surface area (TPSA) is 55.4 Å². The van der Waals surface area contributed by atoms with Crippen molar-refractivity contribution >= 4 is 10.0 Å². The summed E-state index contributed by atoms with van der Waals surface area (Å²) < 4.78 is 30.0. The largest absolute Gasteiger partial charge is 0.381 e. The van der Waals surface area contributed by atoms with E-state index in [1.807, 2.05) is 0 Å². The van der Waals surface area contributed by atoms with Crippen LogP contribution in [-0.2, 0) is 14.8 Å². The summed E-state index contributed by atoms with van der Waals surface area (Å²) in [6, 6.07) is 0. The molecule has 0 atom stereocenters. The summed E-state index contributed by atoms with van der Waals surface area (Å²) >= 11 is 0. The fraction of sp³-hybridized carbons (Fsp3) is 1.00. The van der Waals surface area contributed by atoms with Crippen LogP contribution in [0.4, 0.5) is 0 Å². The molecule has 1 saturated heterocycles. The highest BCUT2D eigenvalue weighted by Crippen LogP contribution is 2.13. The van der Waals surface area contributed by atoms with Gasteiger partial charge in [0.15, 0.2) is 0 Å². The highest BCUT2D eigenvalue weighted by Gasteiger charge is 2.15. The van der Waals surface area contributed by atoms with Gasteiger partial charge < -0.3 is 4.74 Å². The van der Waals surface area contributed by atoms with Crippen molar-refractivity contribution in [1.29, 1.82) is 0 Å². The van der Waals surface area contributed by atoms with Crippen molar-refractivity contribution in [2.45, 2.75) is 19.8 Å². The summed E-state index contributed by atoms with van der Waals surface area (Å²) in [6.07, 6.45) is 1.93. The van der Waals surface area contributed by atoms with Gasteiger partial charge in [-0.1, -0.05) is 0 Å². The van der Waals surface area contributed by atoms with Crippen molar-refractivity contribution in [3.63, 3.8) is 0 Å². The maximum Gasteiger partial charge on any atom is 0.211 e. The molecule has 0 aromatic heterocycles. The third-order valence-corrected chi connectivity index (χ3v) is 3.68. The predicted octanol–water partition coefficient (Wildman–Crippen LogP) is 0.352. The Morgan fingerprint density at radius 1 is 1.38 bits per heavy atom. The van der Waals surface area contributed by atoms with Gasteiger partial charge in [0.1, 0.15) is 0 Å². The standard InChI is InChI=1S/C8H17NO3S/c1-2-13(10,11)9-7-8-3-5-12-6-4-8/h8-9H,2-7H2,1H3. The van der Waals surface area contributed by atoms with E-state index in [2.05, 4.69) is 4.72 Å². The Bertz CT molecular complexity index is 232. The fourth-order valence-electron chi connectivity index (χ4n) is 1.30. The van der Waals surface area contributed by atoms with Gasteiger partial charge in [-0.2, -0.15) is 0 Å². The highest BCUT2D eigenvalue weighted by molar-refractivity contribution is 7.89. The van der Waals surface area contributed by atoms with Crippen LogP contribution in [0.1, 0.15) is 19.8 Å². The first-order valence-corrected chi connectivity index (χ1v) is 6.34. The molecule has 0 bridgehead atoms.